The molecular weight excluding hydrogens is 306 g/mol. The van der Waals surface area contributed by atoms with E-state index in [1.807, 2.05) is 0 Å². The van der Waals surface area contributed by atoms with E-state index in [1.165, 1.54) is 58.3 Å². The Morgan fingerprint density at radius 3 is 2.00 bits per heavy atom. The first kappa shape index (κ1) is 18.8. The summed E-state index contributed by atoms with van der Waals surface area (Å²) in [6.45, 7) is 15.9. The Morgan fingerprint density at radius 1 is 0.880 bits per heavy atom. The van der Waals surface area contributed by atoms with Gasteiger partial charge in [0, 0.05) is 50.0 Å². The molecule has 25 heavy (non-hydrogen) atoms. The Bertz CT molecular complexity index is 542. The van der Waals surface area contributed by atoms with Crippen LogP contribution in [-0.2, 0) is 0 Å². The van der Waals surface area contributed by atoms with Crippen molar-refractivity contribution in [1.29, 1.82) is 0 Å². The molecule has 0 radical (unpaired) electrons. The molecule has 3 nitrogen and oxygen atoms in total. The molecular formula is C22H39N3. The lowest BCUT2D eigenvalue weighted by Crippen LogP contribution is -2.42. The second-order valence-corrected chi connectivity index (χ2v) is 9.99. The van der Waals surface area contributed by atoms with E-state index >= 15 is 0 Å². The minimum absolute atomic E-state index is 0.237. The van der Waals surface area contributed by atoms with Crippen LogP contribution < -0.4 is 0 Å². The van der Waals surface area contributed by atoms with E-state index in [0.717, 1.165) is 6.54 Å². The molecule has 0 aromatic carbocycles. The first-order chi connectivity index (χ1) is 11.7. The predicted octanol–water partition coefficient (Wildman–Crippen LogP) is 4.33. The molecule has 2 fully saturated rings. The van der Waals surface area contributed by atoms with Gasteiger partial charge in [0.25, 0.3) is 0 Å². The molecule has 2 saturated heterocycles. The van der Waals surface area contributed by atoms with Crippen molar-refractivity contribution in [3.8, 4) is 0 Å². The number of likely N-dealkylation sites (tertiary alicyclic amines) is 2. The molecule has 142 valence electrons. The topological polar surface area (TPSA) is 9.72 Å². The molecule has 0 aromatic heterocycles. The van der Waals surface area contributed by atoms with Gasteiger partial charge in [-0.3, -0.25) is 0 Å². The maximum absolute atomic E-state index is 2.71. The average molecular weight is 346 g/mol. The van der Waals surface area contributed by atoms with Gasteiger partial charge in [0.2, 0.25) is 0 Å². The lowest BCUT2D eigenvalue weighted by molar-refractivity contribution is 0.185. The molecule has 0 aromatic rings. The molecule has 0 N–H and O–H groups in total. The molecule has 0 unspecified atom stereocenters. The summed E-state index contributed by atoms with van der Waals surface area (Å²) in [5, 5.41) is 0. The highest BCUT2D eigenvalue weighted by Crippen LogP contribution is 2.53. The number of nitrogens with zero attached hydrogens (tertiary/aromatic N) is 3. The zero-order valence-corrected chi connectivity index (χ0v) is 17.5. The van der Waals surface area contributed by atoms with Gasteiger partial charge >= 0.3 is 0 Å². The fraction of sp³-hybridized carbons (Fsp3) is 0.818. The maximum Gasteiger partial charge on any atom is 0.0248 e. The van der Waals surface area contributed by atoms with Crippen molar-refractivity contribution < 1.29 is 0 Å². The summed E-state index contributed by atoms with van der Waals surface area (Å²) in [6.07, 6.45) is 9.18. The summed E-state index contributed by atoms with van der Waals surface area (Å²) in [4.78, 5) is 7.65. The number of hydrogen-bond donors (Lipinski definition) is 0. The molecule has 3 aliphatic rings. The number of likely N-dealkylation sites (N-methyl/N-ethyl adjacent to an activating group) is 1. The normalized spacial score (nSPS) is 27.9. The van der Waals surface area contributed by atoms with E-state index < -0.39 is 0 Å². The molecule has 3 heteroatoms. The second-order valence-electron chi connectivity index (χ2n) is 9.99. The highest BCUT2D eigenvalue weighted by molar-refractivity contribution is 5.46. The first-order valence-corrected chi connectivity index (χ1v) is 10.3. The second kappa shape index (κ2) is 6.98. The average Bonchev–Trinajstić information content (AvgIpc) is 3.14. The predicted molar refractivity (Wildman–Crippen MR) is 107 cm³/mol. The third kappa shape index (κ3) is 3.92. The highest BCUT2D eigenvalue weighted by atomic mass is 15.2. The van der Waals surface area contributed by atoms with Crippen LogP contribution in [-0.4, -0.2) is 61.5 Å². The summed E-state index contributed by atoms with van der Waals surface area (Å²) in [5.74, 6) is 0. The van der Waals surface area contributed by atoms with Gasteiger partial charge < -0.3 is 14.7 Å². The van der Waals surface area contributed by atoms with Crippen LogP contribution in [0.3, 0.4) is 0 Å². The van der Waals surface area contributed by atoms with Crippen LogP contribution in [0, 0.1) is 10.8 Å². The molecule has 0 atom stereocenters. The van der Waals surface area contributed by atoms with Gasteiger partial charge in [-0.1, -0.05) is 27.7 Å². The van der Waals surface area contributed by atoms with Gasteiger partial charge in [0.1, 0.15) is 0 Å². The van der Waals surface area contributed by atoms with E-state index in [4.69, 9.17) is 0 Å². The highest BCUT2D eigenvalue weighted by Gasteiger charge is 2.44. The minimum Gasteiger partial charge on any atom is -0.377 e. The molecule has 0 amide bonds. The summed E-state index contributed by atoms with van der Waals surface area (Å²) in [7, 11) is 4.44. The summed E-state index contributed by atoms with van der Waals surface area (Å²) >= 11 is 0. The lowest BCUT2D eigenvalue weighted by Gasteiger charge is -2.49. The number of hydrogen-bond acceptors (Lipinski definition) is 3. The van der Waals surface area contributed by atoms with Crippen molar-refractivity contribution in [2.24, 2.45) is 10.8 Å². The van der Waals surface area contributed by atoms with Gasteiger partial charge in [0.15, 0.2) is 0 Å². The van der Waals surface area contributed by atoms with Crippen LogP contribution in [0.4, 0.5) is 0 Å². The molecule has 3 rings (SSSR count). The first-order valence-electron chi connectivity index (χ1n) is 10.3. The van der Waals surface area contributed by atoms with Gasteiger partial charge in [-0.15, -0.1) is 0 Å². The monoisotopic (exact) mass is 345 g/mol. The SMILES string of the molecule is CN(C)CC1=C(N2CCCC2)C(C)(C)CC(C)(C)/C1=C\N1CCCC1. The molecule has 0 bridgehead atoms. The van der Waals surface area contributed by atoms with Crippen LogP contribution in [0.25, 0.3) is 0 Å². The van der Waals surface area contributed by atoms with Crippen molar-refractivity contribution in [3.05, 3.63) is 23.0 Å². The van der Waals surface area contributed by atoms with Crippen LogP contribution >= 0.6 is 0 Å². The minimum atomic E-state index is 0.237. The van der Waals surface area contributed by atoms with Crippen molar-refractivity contribution in [3.63, 3.8) is 0 Å². The zero-order valence-electron chi connectivity index (χ0n) is 17.5. The van der Waals surface area contributed by atoms with Gasteiger partial charge in [-0.25, -0.2) is 0 Å². The Balaban J connectivity index is 2.12. The molecule has 1 aliphatic carbocycles. The molecule has 0 saturated carbocycles. The van der Waals surface area contributed by atoms with E-state index in [1.54, 1.807) is 16.8 Å². The number of rotatable bonds is 4. The van der Waals surface area contributed by atoms with Gasteiger partial charge in [-0.2, -0.15) is 0 Å². The van der Waals surface area contributed by atoms with E-state index in [-0.39, 0.29) is 10.8 Å². The van der Waals surface area contributed by atoms with Crippen LogP contribution in [0.2, 0.25) is 0 Å². The van der Waals surface area contributed by atoms with Crippen molar-refractivity contribution in [2.45, 2.75) is 59.8 Å². The van der Waals surface area contributed by atoms with Gasteiger partial charge in [0.05, 0.1) is 0 Å². The smallest absolute Gasteiger partial charge is 0.0248 e. The van der Waals surface area contributed by atoms with Crippen molar-refractivity contribution >= 4 is 0 Å². The zero-order chi connectivity index (χ0) is 18.2. The Labute approximate surface area is 155 Å². The fourth-order valence-corrected chi connectivity index (χ4v) is 5.57. The third-order valence-electron chi connectivity index (χ3n) is 6.21. The van der Waals surface area contributed by atoms with E-state index in [0.29, 0.717) is 0 Å². The fourth-order valence-electron chi connectivity index (χ4n) is 5.57. The van der Waals surface area contributed by atoms with Crippen LogP contribution in [0.5, 0.6) is 0 Å². The molecule has 2 heterocycles. The summed E-state index contributed by atoms with van der Waals surface area (Å²) in [5.41, 5.74) is 5.34. The molecule has 0 spiro atoms. The lowest BCUT2D eigenvalue weighted by atomic mass is 9.61. The van der Waals surface area contributed by atoms with Gasteiger partial charge in [-0.05, 0) is 62.8 Å². The third-order valence-corrected chi connectivity index (χ3v) is 6.21. The van der Waals surface area contributed by atoms with E-state index in [9.17, 15) is 0 Å². The van der Waals surface area contributed by atoms with Crippen LogP contribution in [0.15, 0.2) is 23.0 Å². The summed E-state index contributed by atoms with van der Waals surface area (Å²) in [6, 6.07) is 0. The van der Waals surface area contributed by atoms with Crippen molar-refractivity contribution in [1.82, 2.24) is 14.7 Å². The number of allylic oxidation sites excluding steroid dienone is 1. The summed E-state index contributed by atoms with van der Waals surface area (Å²) < 4.78 is 0. The molecule has 2 aliphatic heterocycles. The quantitative estimate of drug-likeness (QED) is 0.751. The van der Waals surface area contributed by atoms with Crippen molar-refractivity contribution in [2.75, 3.05) is 46.8 Å². The van der Waals surface area contributed by atoms with Crippen LogP contribution in [0.1, 0.15) is 59.8 Å². The standard InChI is InChI=1S/C22H39N3/c1-21(2)17-22(3,4)20(25-13-9-10-14-25)18(15-23(5)6)19(21)16-24-11-7-8-12-24/h16H,7-15,17H2,1-6H3/b19-16-. The maximum atomic E-state index is 2.71. The Morgan fingerprint density at radius 2 is 1.44 bits per heavy atom. The largest absolute Gasteiger partial charge is 0.377 e. The van der Waals surface area contributed by atoms with E-state index in [2.05, 4.69) is 62.7 Å². The Hall–Kier alpha value is -0.960. The Kier molecular flexibility index (Phi) is 5.26.